The van der Waals surface area contributed by atoms with Crippen LogP contribution in [0, 0.1) is 0 Å². The lowest BCUT2D eigenvalue weighted by Crippen LogP contribution is -2.38. The van der Waals surface area contributed by atoms with Crippen LogP contribution in [0.5, 0.6) is 0 Å². The molecule has 2 heterocycles. The smallest absolute Gasteiger partial charge is 0.337 e. The molecule has 1 aromatic heterocycles. The highest BCUT2D eigenvalue weighted by molar-refractivity contribution is 8.01. The Kier molecular flexibility index (Phi) is 6.70. The third-order valence-electron chi connectivity index (χ3n) is 4.34. The van der Waals surface area contributed by atoms with Crippen LogP contribution in [0.2, 0.25) is 0 Å². The van der Waals surface area contributed by atoms with Crippen LogP contribution < -0.4 is 4.90 Å². The summed E-state index contributed by atoms with van der Waals surface area (Å²) in [7, 11) is 0. The Morgan fingerprint density at radius 1 is 1.18 bits per heavy atom. The van der Waals surface area contributed by atoms with Gasteiger partial charge >= 0.3 is 5.97 Å². The normalized spacial score (nSPS) is 12.9. The second kappa shape index (κ2) is 9.21. The van der Waals surface area contributed by atoms with Crippen LogP contribution in [-0.2, 0) is 11.2 Å². The van der Waals surface area contributed by atoms with Crippen LogP contribution in [-0.4, -0.2) is 34.3 Å². The number of hydrogen-bond donors (Lipinski definition) is 1. The van der Waals surface area contributed by atoms with Crippen molar-refractivity contribution in [3.8, 4) is 0 Å². The predicted molar refractivity (Wildman–Crippen MR) is 116 cm³/mol. The molecule has 0 fully saturated rings. The standard InChI is InChI=1S/C19H16N2O3S2.C2H6/c22-16(11-25-19-20-14-8-1-2-9-15(14)26-19)21-10-4-6-12-5-3-7-13(17(12)21)18(23)24;1-2/h1-3,5,7-9H,4,6,10-11H2,(H,23,24);1-2H3. The number of anilines is 1. The van der Waals surface area contributed by atoms with E-state index >= 15 is 0 Å². The summed E-state index contributed by atoms with van der Waals surface area (Å²) < 4.78 is 1.95. The summed E-state index contributed by atoms with van der Waals surface area (Å²) in [6.45, 7) is 4.55. The van der Waals surface area contributed by atoms with Crippen molar-refractivity contribution in [2.75, 3.05) is 17.2 Å². The molecule has 0 bridgehead atoms. The van der Waals surface area contributed by atoms with E-state index in [-0.39, 0.29) is 17.2 Å². The minimum Gasteiger partial charge on any atom is -0.478 e. The number of para-hydroxylation sites is 2. The van der Waals surface area contributed by atoms with Crippen molar-refractivity contribution in [2.45, 2.75) is 31.0 Å². The summed E-state index contributed by atoms with van der Waals surface area (Å²) in [4.78, 5) is 30.5. The molecule has 0 saturated heterocycles. The van der Waals surface area contributed by atoms with Crippen LogP contribution in [0.1, 0.15) is 36.2 Å². The van der Waals surface area contributed by atoms with Gasteiger partial charge < -0.3 is 10.0 Å². The number of hydrogen-bond acceptors (Lipinski definition) is 5. The molecule has 0 radical (unpaired) electrons. The Bertz CT molecular complexity index is 967. The molecule has 4 rings (SSSR count). The largest absolute Gasteiger partial charge is 0.478 e. The van der Waals surface area contributed by atoms with Crippen molar-refractivity contribution in [1.82, 2.24) is 4.98 Å². The van der Waals surface area contributed by atoms with Gasteiger partial charge in [0, 0.05) is 6.54 Å². The fourth-order valence-corrected chi connectivity index (χ4v) is 5.13. The second-order valence-electron chi connectivity index (χ2n) is 6.00. The minimum atomic E-state index is -1.000. The molecular formula is C21H22N2O3S2. The van der Waals surface area contributed by atoms with Crippen molar-refractivity contribution < 1.29 is 14.7 Å². The van der Waals surface area contributed by atoms with Gasteiger partial charge in [0.2, 0.25) is 5.91 Å². The third kappa shape index (κ3) is 4.20. The van der Waals surface area contributed by atoms with Gasteiger partial charge in [-0.05, 0) is 36.6 Å². The zero-order valence-electron chi connectivity index (χ0n) is 15.8. The van der Waals surface area contributed by atoms with Crippen molar-refractivity contribution >= 4 is 50.9 Å². The van der Waals surface area contributed by atoms with Crippen molar-refractivity contribution in [3.63, 3.8) is 0 Å². The van der Waals surface area contributed by atoms with E-state index in [0.29, 0.717) is 12.2 Å². The SMILES string of the molecule is CC.O=C(O)c1cccc2c1N(C(=O)CSc1nc3ccccc3s1)CCC2. The Labute approximate surface area is 172 Å². The number of thioether (sulfide) groups is 1. The first-order valence-corrected chi connectivity index (χ1v) is 11.1. The fourth-order valence-electron chi connectivity index (χ4n) is 3.19. The predicted octanol–water partition coefficient (Wildman–Crippen LogP) is 5.09. The first kappa shape index (κ1) is 20.4. The van der Waals surface area contributed by atoms with Crippen LogP contribution in [0.3, 0.4) is 0 Å². The molecule has 5 nitrogen and oxygen atoms in total. The van der Waals surface area contributed by atoms with E-state index in [1.165, 1.54) is 11.8 Å². The number of carboxylic acid groups (broad SMARTS) is 1. The summed E-state index contributed by atoms with van der Waals surface area (Å²) in [6, 6.07) is 13.1. The van der Waals surface area contributed by atoms with E-state index in [9.17, 15) is 14.7 Å². The maximum Gasteiger partial charge on any atom is 0.337 e. The average Bonchev–Trinajstić information content (AvgIpc) is 3.15. The van der Waals surface area contributed by atoms with Crippen molar-refractivity contribution in [2.24, 2.45) is 0 Å². The van der Waals surface area contributed by atoms with Gasteiger partial charge in [0.05, 0.1) is 27.2 Å². The molecule has 1 aliphatic rings. The summed E-state index contributed by atoms with van der Waals surface area (Å²) in [6.07, 6.45) is 1.64. The van der Waals surface area contributed by atoms with Gasteiger partial charge in [-0.15, -0.1) is 11.3 Å². The zero-order chi connectivity index (χ0) is 20.1. The maximum atomic E-state index is 12.8. The lowest BCUT2D eigenvalue weighted by Gasteiger charge is -2.30. The molecule has 1 aliphatic heterocycles. The Balaban J connectivity index is 0.00000109. The molecule has 0 aliphatic carbocycles. The summed E-state index contributed by atoms with van der Waals surface area (Å²) in [5.41, 5.74) is 2.61. The number of carbonyl (C=O) groups excluding carboxylic acids is 1. The molecule has 28 heavy (non-hydrogen) atoms. The number of aromatic nitrogens is 1. The molecule has 1 N–H and O–H groups in total. The Morgan fingerprint density at radius 3 is 2.71 bits per heavy atom. The molecule has 0 spiro atoms. The quantitative estimate of drug-likeness (QED) is 0.602. The number of amides is 1. The molecule has 0 saturated carbocycles. The monoisotopic (exact) mass is 414 g/mol. The van der Waals surface area contributed by atoms with Crippen LogP contribution in [0.4, 0.5) is 5.69 Å². The number of carboxylic acids is 1. The van der Waals surface area contributed by atoms with E-state index in [1.807, 2.05) is 44.2 Å². The number of thiazole rings is 1. The van der Waals surface area contributed by atoms with Crippen LogP contribution in [0.15, 0.2) is 46.8 Å². The summed E-state index contributed by atoms with van der Waals surface area (Å²) in [5, 5.41) is 9.48. The van der Waals surface area contributed by atoms with E-state index in [2.05, 4.69) is 4.98 Å². The van der Waals surface area contributed by atoms with E-state index in [1.54, 1.807) is 28.4 Å². The van der Waals surface area contributed by atoms with E-state index in [0.717, 1.165) is 33.0 Å². The Hall–Kier alpha value is -2.38. The second-order valence-corrected chi connectivity index (χ2v) is 8.26. The summed E-state index contributed by atoms with van der Waals surface area (Å²) in [5.74, 6) is -0.836. The fraction of sp³-hybridized carbons (Fsp3) is 0.286. The minimum absolute atomic E-state index is 0.0797. The lowest BCUT2D eigenvalue weighted by atomic mass is 9.97. The topological polar surface area (TPSA) is 70.5 Å². The van der Waals surface area contributed by atoms with Gasteiger partial charge in [-0.2, -0.15) is 0 Å². The molecule has 3 aromatic rings. The van der Waals surface area contributed by atoms with Crippen LogP contribution in [0.25, 0.3) is 10.2 Å². The molecule has 1 amide bonds. The number of fused-ring (bicyclic) bond motifs is 2. The molecule has 7 heteroatoms. The highest BCUT2D eigenvalue weighted by Crippen LogP contribution is 2.33. The number of aromatic carboxylic acids is 1. The van der Waals surface area contributed by atoms with E-state index < -0.39 is 5.97 Å². The third-order valence-corrected chi connectivity index (χ3v) is 6.51. The van der Waals surface area contributed by atoms with Crippen molar-refractivity contribution in [1.29, 1.82) is 0 Å². The van der Waals surface area contributed by atoms with Gasteiger partial charge in [-0.3, -0.25) is 4.79 Å². The molecular weight excluding hydrogens is 392 g/mol. The van der Waals surface area contributed by atoms with Gasteiger partial charge in [-0.1, -0.05) is 49.9 Å². The Morgan fingerprint density at radius 2 is 1.96 bits per heavy atom. The van der Waals surface area contributed by atoms with E-state index in [4.69, 9.17) is 0 Å². The first-order chi connectivity index (χ1) is 13.6. The lowest BCUT2D eigenvalue weighted by molar-refractivity contribution is -0.116. The maximum absolute atomic E-state index is 12.8. The highest BCUT2D eigenvalue weighted by Gasteiger charge is 2.27. The number of rotatable bonds is 4. The van der Waals surface area contributed by atoms with Gasteiger partial charge in [0.1, 0.15) is 0 Å². The molecule has 2 aromatic carbocycles. The zero-order valence-corrected chi connectivity index (χ0v) is 17.5. The molecule has 0 unspecified atom stereocenters. The molecule has 0 atom stereocenters. The first-order valence-electron chi connectivity index (χ1n) is 9.27. The van der Waals surface area contributed by atoms with Gasteiger partial charge in [0.15, 0.2) is 4.34 Å². The van der Waals surface area contributed by atoms with Crippen molar-refractivity contribution in [3.05, 3.63) is 53.6 Å². The number of aryl methyl sites for hydroxylation is 1. The molecule has 146 valence electrons. The van der Waals surface area contributed by atoms with Crippen LogP contribution >= 0.6 is 23.1 Å². The average molecular weight is 415 g/mol. The van der Waals surface area contributed by atoms with Gasteiger partial charge in [0.25, 0.3) is 0 Å². The number of benzene rings is 2. The number of carbonyl (C=O) groups is 2. The number of nitrogens with zero attached hydrogens (tertiary/aromatic N) is 2. The van der Waals surface area contributed by atoms with Gasteiger partial charge in [-0.25, -0.2) is 9.78 Å². The summed E-state index contributed by atoms with van der Waals surface area (Å²) >= 11 is 2.97. The highest BCUT2D eigenvalue weighted by atomic mass is 32.2.